The lowest BCUT2D eigenvalue weighted by Gasteiger charge is -1.69. The van der Waals surface area contributed by atoms with Crippen LogP contribution in [-0.2, 0) is 0 Å². The molecule has 0 aliphatic heterocycles. The highest BCUT2D eigenvalue weighted by Gasteiger charge is 1.57. The van der Waals surface area contributed by atoms with Crippen molar-refractivity contribution in [1.29, 1.82) is 0 Å². The van der Waals surface area contributed by atoms with Crippen molar-refractivity contribution in [1.82, 2.24) is 0 Å². The van der Waals surface area contributed by atoms with Crippen LogP contribution in [0.15, 0.2) is 36.4 Å². The zero-order valence-corrected chi connectivity index (χ0v) is 6.32. The first-order chi connectivity index (χ1) is 3.00. The molecule has 0 heterocycles. The summed E-state index contributed by atoms with van der Waals surface area (Å²) in [7, 11) is 0. The monoisotopic (exact) mass is 170 g/mol. The van der Waals surface area contributed by atoms with Crippen molar-refractivity contribution < 1.29 is 4.70 Å². The smallest absolute Gasteiger partial charge is 0.0623 e. The SMILES string of the molecule is Cl.Cl.F.c1ccccc1. The molecular weight excluding hydrogens is 162 g/mol. The summed E-state index contributed by atoms with van der Waals surface area (Å²) in [5.41, 5.74) is 0. The van der Waals surface area contributed by atoms with Crippen molar-refractivity contribution in [3.63, 3.8) is 0 Å². The van der Waals surface area contributed by atoms with Crippen molar-refractivity contribution in [3.8, 4) is 0 Å². The predicted octanol–water partition coefficient (Wildman–Crippen LogP) is 2.68. The van der Waals surface area contributed by atoms with Gasteiger partial charge in [-0.25, -0.2) is 0 Å². The van der Waals surface area contributed by atoms with Crippen molar-refractivity contribution in [2.45, 2.75) is 0 Å². The normalized spacial score (nSPS) is 5.33. The summed E-state index contributed by atoms with van der Waals surface area (Å²) in [6.07, 6.45) is 0. The summed E-state index contributed by atoms with van der Waals surface area (Å²) < 4.78 is 0. The second-order valence-corrected chi connectivity index (χ2v) is 1.15. The first-order valence-electron chi connectivity index (χ1n) is 2.00. The minimum atomic E-state index is 0. The topological polar surface area (TPSA) is 0 Å². The third-order valence-corrected chi connectivity index (χ3v) is 0.667. The van der Waals surface area contributed by atoms with Gasteiger partial charge < -0.3 is 0 Å². The summed E-state index contributed by atoms with van der Waals surface area (Å²) in [6.45, 7) is 0. The Morgan fingerprint density at radius 3 is 0.667 bits per heavy atom. The standard InChI is InChI=1S/C6H6.2ClH.FH/c1-2-4-6-5-3-1;;;/h1-6H;3*1H. The molecule has 9 heavy (non-hydrogen) atoms. The molecule has 0 fully saturated rings. The molecule has 0 aromatic heterocycles. The van der Waals surface area contributed by atoms with E-state index in [1.165, 1.54) is 0 Å². The molecule has 0 saturated heterocycles. The maximum Gasteiger partial charge on any atom is -0.0623 e. The molecule has 54 valence electrons. The van der Waals surface area contributed by atoms with Gasteiger partial charge in [0.2, 0.25) is 0 Å². The Hall–Kier alpha value is -0.270. The molecule has 0 radical (unpaired) electrons. The number of benzene rings is 1. The van der Waals surface area contributed by atoms with E-state index in [1.807, 2.05) is 36.4 Å². The minimum Gasteiger partial charge on any atom is -0.269 e. The van der Waals surface area contributed by atoms with Gasteiger partial charge in [0.15, 0.2) is 0 Å². The third-order valence-electron chi connectivity index (χ3n) is 0.667. The van der Waals surface area contributed by atoms with Crippen molar-refractivity contribution in [2.75, 3.05) is 0 Å². The van der Waals surface area contributed by atoms with Gasteiger partial charge in [-0.05, 0) is 0 Å². The summed E-state index contributed by atoms with van der Waals surface area (Å²) in [4.78, 5) is 0. The van der Waals surface area contributed by atoms with Crippen LogP contribution in [0, 0.1) is 0 Å². The average Bonchev–Trinajstić information content (AvgIpc) is 1.72. The molecule has 0 aliphatic carbocycles. The second-order valence-electron chi connectivity index (χ2n) is 1.15. The van der Waals surface area contributed by atoms with E-state index in [1.54, 1.807) is 0 Å². The Kier molecular flexibility index (Phi) is 18.8. The first-order valence-corrected chi connectivity index (χ1v) is 2.00. The highest BCUT2D eigenvalue weighted by atomic mass is 35.5. The van der Waals surface area contributed by atoms with Crippen molar-refractivity contribution in [2.24, 2.45) is 0 Å². The van der Waals surface area contributed by atoms with Crippen LogP contribution in [0.4, 0.5) is 4.70 Å². The lowest BCUT2D eigenvalue weighted by molar-refractivity contribution is 1.11. The molecule has 1 aromatic rings. The van der Waals surface area contributed by atoms with Crippen LogP contribution in [0.2, 0.25) is 0 Å². The van der Waals surface area contributed by atoms with Gasteiger partial charge >= 0.3 is 0 Å². The van der Waals surface area contributed by atoms with Gasteiger partial charge in [-0.1, -0.05) is 36.4 Å². The quantitative estimate of drug-likeness (QED) is 0.562. The fourth-order valence-corrected chi connectivity index (χ4v) is 0.385. The molecule has 0 unspecified atom stereocenters. The summed E-state index contributed by atoms with van der Waals surface area (Å²) in [6, 6.07) is 12.0. The molecular formula is C6H9Cl2F. The highest BCUT2D eigenvalue weighted by Crippen LogP contribution is 1.79. The van der Waals surface area contributed by atoms with Crippen LogP contribution >= 0.6 is 24.8 Å². The van der Waals surface area contributed by atoms with E-state index in [0.29, 0.717) is 0 Å². The maximum absolute atomic E-state index is 2.00. The van der Waals surface area contributed by atoms with E-state index in [9.17, 15) is 0 Å². The van der Waals surface area contributed by atoms with Gasteiger partial charge in [-0.2, -0.15) is 0 Å². The van der Waals surface area contributed by atoms with Crippen LogP contribution in [-0.4, -0.2) is 0 Å². The van der Waals surface area contributed by atoms with Gasteiger partial charge in [0, 0.05) is 0 Å². The number of halogens is 3. The van der Waals surface area contributed by atoms with Gasteiger partial charge in [0.05, 0.1) is 0 Å². The molecule has 1 rings (SSSR count). The molecule has 3 heteroatoms. The van der Waals surface area contributed by atoms with E-state index in [0.717, 1.165) is 0 Å². The van der Waals surface area contributed by atoms with Gasteiger partial charge in [0.25, 0.3) is 0 Å². The largest absolute Gasteiger partial charge is 0.269 e. The lowest BCUT2D eigenvalue weighted by atomic mass is 10.4. The van der Waals surface area contributed by atoms with Crippen LogP contribution < -0.4 is 0 Å². The van der Waals surface area contributed by atoms with E-state index in [2.05, 4.69) is 0 Å². The molecule has 0 atom stereocenters. The van der Waals surface area contributed by atoms with Gasteiger partial charge in [-0.3, -0.25) is 4.70 Å². The van der Waals surface area contributed by atoms with E-state index >= 15 is 0 Å². The molecule has 0 amide bonds. The van der Waals surface area contributed by atoms with E-state index in [4.69, 9.17) is 0 Å². The van der Waals surface area contributed by atoms with Crippen LogP contribution in [0.1, 0.15) is 0 Å². The van der Waals surface area contributed by atoms with Crippen molar-refractivity contribution >= 4 is 24.8 Å². The minimum absolute atomic E-state index is 0. The molecule has 0 saturated carbocycles. The Morgan fingerprint density at radius 2 is 0.556 bits per heavy atom. The maximum atomic E-state index is 2.00. The van der Waals surface area contributed by atoms with Crippen LogP contribution in [0.3, 0.4) is 0 Å². The number of hydrogen-bond acceptors (Lipinski definition) is 0. The van der Waals surface area contributed by atoms with Gasteiger partial charge in [0.1, 0.15) is 0 Å². The summed E-state index contributed by atoms with van der Waals surface area (Å²) >= 11 is 0. The fraction of sp³-hybridized carbons (Fsp3) is 0. The average molecular weight is 171 g/mol. The molecule has 1 aromatic carbocycles. The van der Waals surface area contributed by atoms with E-state index in [-0.39, 0.29) is 29.5 Å². The van der Waals surface area contributed by atoms with Crippen molar-refractivity contribution in [3.05, 3.63) is 36.4 Å². The predicted molar refractivity (Wildman–Crippen MR) is 43.4 cm³/mol. The molecule has 0 nitrogen and oxygen atoms in total. The first kappa shape index (κ1) is 15.9. The molecule has 0 N–H and O–H groups in total. The molecule has 0 aliphatic rings. The Balaban J connectivity index is -0.000000120. The lowest BCUT2D eigenvalue weighted by Crippen LogP contribution is -1.47. The Labute approximate surface area is 66.5 Å². The zero-order valence-electron chi connectivity index (χ0n) is 4.69. The number of rotatable bonds is 0. The highest BCUT2D eigenvalue weighted by molar-refractivity contribution is 5.85. The van der Waals surface area contributed by atoms with Crippen LogP contribution in [0.5, 0.6) is 0 Å². The Morgan fingerprint density at radius 1 is 0.444 bits per heavy atom. The van der Waals surface area contributed by atoms with Gasteiger partial charge in [-0.15, -0.1) is 24.8 Å². The third kappa shape index (κ3) is 7.73. The van der Waals surface area contributed by atoms with E-state index < -0.39 is 0 Å². The summed E-state index contributed by atoms with van der Waals surface area (Å²) in [5, 5.41) is 0. The fourth-order valence-electron chi connectivity index (χ4n) is 0.385. The number of hydrogen-bond donors (Lipinski definition) is 0. The molecule has 0 bridgehead atoms. The second kappa shape index (κ2) is 10.7. The summed E-state index contributed by atoms with van der Waals surface area (Å²) in [5.74, 6) is 0. The molecule has 0 spiro atoms. The van der Waals surface area contributed by atoms with Crippen LogP contribution in [0.25, 0.3) is 0 Å². The zero-order chi connectivity index (χ0) is 4.24. The Bertz CT molecular complexity index is 83.0.